The summed E-state index contributed by atoms with van der Waals surface area (Å²) in [4.78, 5) is 11.1. The molecule has 0 saturated carbocycles. The summed E-state index contributed by atoms with van der Waals surface area (Å²) in [5.41, 5.74) is 7.16. The Morgan fingerprint density at radius 1 is 1.50 bits per heavy atom. The molecular weight excluding hydrogens is 228 g/mol. The van der Waals surface area contributed by atoms with Crippen molar-refractivity contribution < 1.29 is 9.53 Å². The SMILES string of the molecule is Cl.NCC(=O)Nc1ccc2c(c1)CCCO2. The molecule has 2 rings (SSSR count). The number of nitrogens with one attached hydrogen (secondary N) is 1. The number of carbonyl (C=O) groups is 1. The Morgan fingerprint density at radius 3 is 3.06 bits per heavy atom. The van der Waals surface area contributed by atoms with E-state index in [2.05, 4.69) is 5.32 Å². The van der Waals surface area contributed by atoms with E-state index in [0.717, 1.165) is 36.4 Å². The van der Waals surface area contributed by atoms with Gasteiger partial charge in [0.2, 0.25) is 5.91 Å². The maximum Gasteiger partial charge on any atom is 0.238 e. The van der Waals surface area contributed by atoms with Gasteiger partial charge >= 0.3 is 0 Å². The third-order valence-corrected chi connectivity index (χ3v) is 2.38. The van der Waals surface area contributed by atoms with Crippen LogP contribution in [0.4, 0.5) is 5.69 Å². The van der Waals surface area contributed by atoms with Crippen LogP contribution in [0.2, 0.25) is 0 Å². The van der Waals surface area contributed by atoms with Gasteiger partial charge in [-0.25, -0.2) is 0 Å². The summed E-state index contributed by atoms with van der Waals surface area (Å²) < 4.78 is 5.47. The van der Waals surface area contributed by atoms with Gasteiger partial charge in [0.15, 0.2) is 0 Å². The number of halogens is 1. The molecule has 3 N–H and O–H groups in total. The molecule has 1 aromatic rings. The molecule has 0 atom stereocenters. The van der Waals surface area contributed by atoms with Crippen LogP contribution in [0.1, 0.15) is 12.0 Å². The van der Waals surface area contributed by atoms with Crippen molar-refractivity contribution in [2.45, 2.75) is 12.8 Å². The zero-order valence-corrected chi connectivity index (χ0v) is 9.68. The van der Waals surface area contributed by atoms with Crippen molar-refractivity contribution in [3.63, 3.8) is 0 Å². The van der Waals surface area contributed by atoms with Crippen LogP contribution in [0, 0.1) is 0 Å². The monoisotopic (exact) mass is 242 g/mol. The van der Waals surface area contributed by atoms with Crippen molar-refractivity contribution in [1.82, 2.24) is 0 Å². The van der Waals surface area contributed by atoms with Gasteiger partial charge in [-0.2, -0.15) is 0 Å². The molecule has 0 spiro atoms. The average molecular weight is 243 g/mol. The molecular formula is C11H15ClN2O2. The van der Waals surface area contributed by atoms with Crippen LogP contribution in [0.3, 0.4) is 0 Å². The second-order valence-electron chi connectivity index (χ2n) is 3.53. The Bertz CT molecular complexity index is 382. The van der Waals surface area contributed by atoms with Crippen LogP contribution in [0.25, 0.3) is 0 Å². The maximum atomic E-state index is 11.1. The molecule has 1 aliphatic rings. The van der Waals surface area contributed by atoms with E-state index in [1.165, 1.54) is 0 Å². The summed E-state index contributed by atoms with van der Waals surface area (Å²) in [7, 11) is 0. The fourth-order valence-electron chi connectivity index (χ4n) is 1.65. The van der Waals surface area contributed by atoms with Gasteiger partial charge in [0.25, 0.3) is 0 Å². The standard InChI is InChI=1S/C11H14N2O2.ClH/c12-7-11(14)13-9-3-4-10-8(6-9)2-1-5-15-10;/h3-4,6H,1-2,5,7,12H2,(H,13,14);1H. The topological polar surface area (TPSA) is 64.4 Å². The average Bonchev–Trinajstić information content (AvgIpc) is 2.29. The third kappa shape index (κ3) is 2.87. The number of nitrogens with two attached hydrogens (primary N) is 1. The van der Waals surface area contributed by atoms with Crippen molar-refractivity contribution in [2.75, 3.05) is 18.5 Å². The van der Waals surface area contributed by atoms with Gasteiger partial charge in [0, 0.05) is 5.69 Å². The highest BCUT2D eigenvalue weighted by Gasteiger charge is 2.10. The number of carbonyl (C=O) groups excluding carboxylic acids is 1. The fourth-order valence-corrected chi connectivity index (χ4v) is 1.65. The van der Waals surface area contributed by atoms with E-state index >= 15 is 0 Å². The van der Waals surface area contributed by atoms with Crippen molar-refractivity contribution in [1.29, 1.82) is 0 Å². The summed E-state index contributed by atoms with van der Waals surface area (Å²) in [6, 6.07) is 5.67. The largest absolute Gasteiger partial charge is 0.493 e. The summed E-state index contributed by atoms with van der Waals surface area (Å²) in [6.07, 6.45) is 2.03. The van der Waals surface area contributed by atoms with Crippen LogP contribution in [-0.4, -0.2) is 19.1 Å². The molecule has 1 amide bonds. The summed E-state index contributed by atoms with van der Waals surface area (Å²) in [5.74, 6) is 0.749. The lowest BCUT2D eigenvalue weighted by molar-refractivity contribution is -0.114. The number of benzene rings is 1. The minimum Gasteiger partial charge on any atom is -0.493 e. The van der Waals surface area contributed by atoms with Crippen molar-refractivity contribution >= 4 is 24.0 Å². The Morgan fingerprint density at radius 2 is 2.31 bits per heavy atom. The number of aryl methyl sites for hydroxylation is 1. The smallest absolute Gasteiger partial charge is 0.238 e. The van der Waals surface area contributed by atoms with E-state index in [-0.39, 0.29) is 24.9 Å². The lowest BCUT2D eigenvalue weighted by Gasteiger charge is -2.17. The van der Waals surface area contributed by atoms with Gasteiger partial charge in [-0.15, -0.1) is 12.4 Å². The minimum atomic E-state index is -0.174. The molecule has 1 aromatic carbocycles. The first-order valence-electron chi connectivity index (χ1n) is 5.05. The number of hydrogen-bond acceptors (Lipinski definition) is 3. The summed E-state index contributed by atoms with van der Waals surface area (Å²) in [5, 5.41) is 2.72. The highest BCUT2D eigenvalue weighted by Crippen LogP contribution is 2.27. The first kappa shape index (κ1) is 12.8. The van der Waals surface area contributed by atoms with E-state index in [0.29, 0.717) is 0 Å². The number of ether oxygens (including phenoxy) is 1. The predicted molar refractivity (Wildman–Crippen MR) is 65.2 cm³/mol. The normalized spacial score (nSPS) is 13.1. The Kier molecular flexibility index (Phi) is 4.58. The zero-order chi connectivity index (χ0) is 10.7. The maximum absolute atomic E-state index is 11.1. The second-order valence-corrected chi connectivity index (χ2v) is 3.53. The van der Waals surface area contributed by atoms with E-state index in [4.69, 9.17) is 10.5 Å². The number of rotatable bonds is 2. The first-order valence-corrected chi connectivity index (χ1v) is 5.05. The number of fused-ring (bicyclic) bond motifs is 1. The number of amides is 1. The molecule has 4 nitrogen and oxygen atoms in total. The molecule has 0 aromatic heterocycles. The molecule has 1 aliphatic heterocycles. The number of anilines is 1. The van der Waals surface area contributed by atoms with Crippen LogP contribution < -0.4 is 15.8 Å². The highest BCUT2D eigenvalue weighted by atomic mass is 35.5. The van der Waals surface area contributed by atoms with Gasteiger partial charge in [-0.05, 0) is 36.6 Å². The lowest BCUT2D eigenvalue weighted by Crippen LogP contribution is -2.22. The molecule has 1 heterocycles. The van der Waals surface area contributed by atoms with Crippen LogP contribution >= 0.6 is 12.4 Å². The van der Waals surface area contributed by atoms with E-state index in [1.54, 1.807) is 0 Å². The predicted octanol–water partition coefficient (Wildman–Crippen LogP) is 1.33. The molecule has 88 valence electrons. The van der Waals surface area contributed by atoms with Gasteiger partial charge in [-0.1, -0.05) is 0 Å². The molecule has 5 heteroatoms. The van der Waals surface area contributed by atoms with E-state index < -0.39 is 0 Å². The molecule has 0 fully saturated rings. The van der Waals surface area contributed by atoms with Crippen LogP contribution in [-0.2, 0) is 11.2 Å². The fraction of sp³-hybridized carbons (Fsp3) is 0.364. The Hall–Kier alpha value is -1.26. The first-order chi connectivity index (χ1) is 7.29. The lowest BCUT2D eigenvalue weighted by atomic mass is 10.1. The minimum absolute atomic E-state index is 0. The van der Waals surface area contributed by atoms with Crippen molar-refractivity contribution in [2.24, 2.45) is 5.73 Å². The van der Waals surface area contributed by atoms with Crippen molar-refractivity contribution in [3.8, 4) is 5.75 Å². The highest BCUT2D eigenvalue weighted by molar-refractivity contribution is 5.92. The van der Waals surface area contributed by atoms with Crippen LogP contribution in [0.15, 0.2) is 18.2 Å². The quantitative estimate of drug-likeness (QED) is 0.823. The summed E-state index contributed by atoms with van der Waals surface area (Å²) >= 11 is 0. The van der Waals surface area contributed by atoms with Gasteiger partial charge < -0.3 is 15.8 Å². The molecule has 0 unspecified atom stereocenters. The van der Waals surface area contributed by atoms with Crippen LogP contribution in [0.5, 0.6) is 5.75 Å². The Labute approximate surface area is 101 Å². The molecule has 0 saturated heterocycles. The third-order valence-electron chi connectivity index (χ3n) is 2.38. The van der Waals surface area contributed by atoms with E-state index in [1.807, 2.05) is 18.2 Å². The summed E-state index contributed by atoms with van der Waals surface area (Å²) in [6.45, 7) is 0.787. The van der Waals surface area contributed by atoms with Gasteiger partial charge in [0.1, 0.15) is 5.75 Å². The zero-order valence-electron chi connectivity index (χ0n) is 8.86. The van der Waals surface area contributed by atoms with Crippen molar-refractivity contribution in [3.05, 3.63) is 23.8 Å². The number of hydrogen-bond donors (Lipinski definition) is 2. The molecule has 0 radical (unpaired) electrons. The van der Waals surface area contributed by atoms with Gasteiger partial charge in [0.05, 0.1) is 13.2 Å². The van der Waals surface area contributed by atoms with E-state index in [9.17, 15) is 4.79 Å². The molecule has 0 aliphatic carbocycles. The Balaban J connectivity index is 0.00000128. The molecule has 16 heavy (non-hydrogen) atoms. The van der Waals surface area contributed by atoms with Gasteiger partial charge in [-0.3, -0.25) is 4.79 Å². The second kappa shape index (κ2) is 5.72. The molecule has 0 bridgehead atoms.